The lowest BCUT2D eigenvalue weighted by Crippen LogP contribution is -1.91. The van der Waals surface area contributed by atoms with Crippen molar-refractivity contribution in [1.29, 1.82) is 0 Å². The first-order chi connectivity index (χ1) is 13.1. The molecular formula is C23H28N4. The average molecular weight is 361 g/mol. The summed E-state index contributed by atoms with van der Waals surface area (Å²) in [7, 11) is 0. The Labute approximate surface area is 160 Å². The first kappa shape index (κ1) is 17.8. The molecule has 0 fully saturated rings. The molecule has 0 aliphatic rings. The maximum Gasteiger partial charge on any atom is 0.107 e. The summed E-state index contributed by atoms with van der Waals surface area (Å²) in [5, 5.41) is 0. The van der Waals surface area contributed by atoms with Gasteiger partial charge in [0.05, 0.1) is 22.1 Å². The van der Waals surface area contributed by atoms with Crippen LogP contribution in [0.2, 0.25) is 0 Å². The fraction of sp³-hybridized carbons (Fsp3) is 0.391. The third-order valence-corrected chi connectivity index (χ3v) is 5.57. The molecule has 4 rings (SSSR count). The summed E-state index contributed by atoms with van der Waals surface area (Å²) >= 11 is 0. The normalized spacial score (nSPS) is 11.7. The van der Waals surface area contributed by atoms with Crippen molar-refractivity contribution in [2.24, 2.45) is 0 Å². The minimum Gasteiger partial charge on any atom is -0.342 e. The Hall–Kier alpha value is -2.62. The lowest BCUT2D eigenvalue weighted by Gasteiger charge is -1.99. The number of aromatic nitrogens is 4. The van der Waals surface area contributed by atoms with Gasteiger partial charge in [-0.2, -0.15) is 0 Å². The zero-order valence-electron chi connectivity index (χ0n) is 16.5. The van der Waals surface area contributed by atoms with E-state index in [1.54, 1.807) is 0 Å². The smallest absolute Gasteiger partial charge is 0.107 e. The monoisotopic (exact) mass is 360 g/mol. The van der Waals surface area contributed by atoms with E-state index in [2.05, 4.69) is 61.1 Å². The van der Waals surface area contributed by atoms with Crippen molar-refractivity contribution in [3.63, 3.8) is 0 Å². The predicted molar refractivity (Wildman–Crippen MR) is 112 cm³/mol. The van der Waals surface area contributed by atoms with E-state index < -0.39 is 0 Å². The van der Waals surface area contributed by atoms with Crippen LogP contribution in [-0.4, -0.2) is 19.9 Å². The third-order valence-electron chi connectivity index (χ3n) is 5.57. The Morgan fingerprint density at radius 3 is 1.96 bits per heavy atom. The zero-order valence-corrected chi connectivity index (χ0v) is 16.5. The molecule has 0 radical (unpaired) electrons. The van der Waals surface area contributed by atoms with E-state index in [-0.39, 0.29) is 0 Å². The Kier molecular flexibility index (Phi) is 4.97. The van der Waals surface area contributed by atoms with Crippen molar-refractivity contribution in [3.8, 4) is 0 Å². The van der Waals surface area contributed by atoms with Crippen molar-refractivity contribution >= 4 is 22.1 Å². The van der Waals surface area contributed by atoms with Crippen molar-refractivity contribution in [1.82, 2.24) is 19.9 Å². The van der Waals surface area contributed by atoms with Gasteiger partial charge in [0, 0.05) is 12.8 Å². The summed E-state index contributed by atoms with van der Waals surface area (Å²) in [6, 6.07) is 10.6. The van der Waals surface area contributed by atoms with Crippen molar-refractivity contribution in [2.45, 2.75) is 59.3 Å². The van der Waals surface area contributed by atoms with Crippen LogP contribution in [0.15, 0.2) is 30.3 Å². The number of hydrogen-bond donors (Lipinski definition) is 2. The van der Waals surface area contributed by atoms with Crippen LogP contribution in [0.25, 0.3) is 22.1 Å². The highest BCUT2D eigenvalue weighted by Crippen LogP contribution is 2.20. The lowest BCUT2D eigenvalue weighted by atomic mass is 10.1. The molecule has 2 heterocycles. The topological polar surface area (TPSA) is 57.4 Å². The van der Waals surface area contributed by atoms with Crippen LogP contribution in [0.4, 0.5) is 0 Å². The van der Waals surface area contributed by atoms with E-state index in [1.807, 2.05) is 0 Å². The summed E-state index contributed by atoms with van der Waals surface area (Å²) < 4.78 is 0. The number of hydrogen-bond acceptors (Lipinski definition) is 2. The van der Waals surface area contributed by atoms with Gasteiger partial charge in [-0.3, -0.25) is 0 Å². The number of aryl methyl sites for hydroxylation is 5. The molecular weight excluding hydrogens is 332 g/mol. The standard InChI is InChI=1S/C23H28N4/c1-15-13-14-19-23(17(15)3)27-21(25-19)12-7-5-4-6-11-20-24-18-10-8-9-16(2)22(18)26-20/h8-10,13-14H,4-7,11-12H2,1-3H3,(H,24,26)(H,25,27). The van der Waals surface area contributed by atoms with Crippen LogP contribution in [0.5, 0.6) is 0 Å². The van der Waals surface area contributed by atoms with Gasteiger partial charge in [-0.1, -0.05) is 31.0 Å². The predicted octanol–water partition coefficient (Wildman–Crippen LogP) is 5.71. The maximum atomic E-state index is 4.80. The molecule has 0 aliphatic carbocycles. The first-order valence-corrected chi connectivity index (χ1v) is 10.0. The highest BCUT2D eigenvalue weighted by Gasteiger charge is 2.07. The van der Waals surface area contributed by atoms with E-state index in [9.17, 15) is 0 Å². The molecule has 2 aromatic carbocycles. The Bertz CT molecular complexity index is 1070. The second kappa shape index (κ2) is 7.55. The molecule has 0 unspecified atom stereocenters. The van der Waals surface area contributed by atoms with Gasteiger partial charge in [-0.05, 0) is 62.4 Å². The van der Waals surface area contributed by atoms with Crippen LogP contribution in [0.1, 0.15) is 54.0 Å². The number of rotatable bonds is 7. The quantitative estimate of drug-likeness (QED) is 0.415. The number of nitrogens with one attached hydrogen (secondary N) is 2. The van der Waals surface area contributed by atoms with E-state index in [0.29, 0.717) is 0 Å². The average Bonchev–Trinajstić information content (AvgIpc) is 3.26. The van der Waals surface area contributed by atoms with Gasteiger partial charge in [0.25, 0.3) is 0 Å². The van der Waals surface area contributed by atoms with Gasteiger partial charge < -0.3 is 9.97 Å². The molecule has 27 heavy (non-hydrogen) atoms. The summed E-state index contributed by atoms with van der Waals surface area (Å²) in [4.78, 5) is 16.5. The largest absolute Gasteiger partial charge is 0.342 e. The van der Waals surface area contributed by atoms with Gasteiger partial charge in [-0.15, -0.1) is 0 Å². The minimum absolute atomic E-state index is 1.02. The second-order valence-electron chi connectivity index (χ2n) is 7.66. The molecule has 4 heteroatoms. The second-order valence-corrected chi connectivity index (χ2v) is 7.66. The summed E-state index contributed by atoms with van der Waals surface area (Å²) in [6.07, 6.45) is 6.87. The molecule has 0 amide bonds. The number of benzene rings is 2. The van der Waals surface area contributed by atoms with E-state index in [1.165, 1.54) is 42.4 Å². The summed E-state index contributed by atoms with van der Waals surface area (Å²) in [6.45, 7) is 6.42. The molecule has 140 valence electrons. The molecule has 0 aliphatic heterocycles. The van der Waals surface area contributed by atoms with Gasteiger partial charge in [0.2, 0.25) is 0 Å². The number of H-pyrrole nitrogens is 2. The molecule has 4 aromatic rings. The summed E-state index contributed by atoms with van der Waals surface area (Å²) in [5.41, 5.74) is 8.39. The third kappa shape index (κ3) is 3.75. The highest BCUT2D eigenvalue weighted by atomic mass is 14.9. The number of unbranched alkanes of at least 4 members (excludes halogenated alkanes) is 3. The molecule has 2 N–H and O–H groups in total. The number of imidazole rings is 2. The Balaban J connectivity index is 1.24. The van der Waals surface area contributed by atoms with Gasteiger partial charge in [-0.25, -0.2) is 9.97 Å². The van der Waals surface area contributed by atoms with Crippen LogP contribution >= 0.6 is 0 Å². The number of fused-ring (bicyclic) bond motifs is 2. The molecule has 0 saturated heterocycles. The highest BCUT2D eigenvalue weighted by molar-refractivity contribution is 5.80. The fourth-order valence-corrected chi connectivity index (χ4v) is 3.77. The maximum absolute atomic E-state index is 4.80. The number of aromatic amines is 2. The minimum atomic E-state index is 1.02. The molecule has 2 aromatic heterocycles. The SMILES string of the molecule is Cc1ccc2[nH]c(CCCCCCc3nc4c(C)cccc4[nH]3)nc2c1C. The Morgan fingerprint density at radius 1 is 0.667 bits per heavy atom. The summed E-state index contributed by atoms with van der Waals surface area (Å²) in [5.74, 6) is 2.23. The van der Waals surface area contributed by atoms with Gasteiger partial charge in [0.1, 0.15) is 11.6 Å². The molecule has 0 atom stereocenters. The molecule has 4 nitrogen and oxygen atoms in total. The number of nitrogens with zero attached hydrogens (tertiary/aromatic N) is 2. The van der Waals surface area contributed by atoms with Crippen LogP contribution < -0.4 is 0 Å². The Morgan fingerprint density at radius 2 is 1.30 bits per heavy atom. The van der Waals surface area contributed by atoms with Crippen molar-refractivity contribution in [3.05, 3.63) is 58.7 Å². The van der Waals surface area contributed by atoms with E-state index >= 15 is 0 Å². The molecule has 0 spiro atoms. The van der Waals surface area contributed by atoms with Gasteiger partial charge >= 0.3 is 0 Å². The molecule has 0 saturated carbocycles. The molecule has 0 bridgehead atoms. The lowest BCUT2D eigenvalue weighted by molar-refractivity contribution is 0.625. The zero-order chi connectivity index (χ0) is 18.8. The van der Waals surface area contributed by atoms with Crippen LogP contribution in [0, 0.1) is 20.8 Å². The van der Waals surface area contributed by atoms with Crippen molar-refractivity contribution < 1.29 is 0 Å². The van der Waals surface area contributed by atoms with E-state index in [4.69, 9.17) is 9.97 Å². The first-order valence-electron chi connectivity index (χ1n) is 10.0. The fourth-order valence-electron chi connectivity index (χ4n) is 3.77. The van der Waals surface area contributed by atoms with Crippen LogP contribution in [0.3, 0.4) is 0 Å². The van der Waals surface area contributed by atoms with Crippen LogP contribution in [-0.2, 0) is 12.8 Å². The van der Waals surface area contributed by atoms with Crippen molar-refractivity contribution in [2.75, 3.05) is 0 Å². The van der Waals surface area contributed by atoms with Gasteiger partial charge in [0.15, 0.2) is 0 Å². The number of para-hydroxylation sites is 1. The van der Waals surface area contributed by atoms with E-state index in [0.717, 1.165) is 46.6 Å².